The normalized spacial score (nSPS) is 17.2. The van der Waals surface area contributed by atoms with Gasteiger partial charge in [0, 0.05) is 0 Å². The Bertz CT molecular complexity index is 3050. The van der Waals surface area contributed by atoms with Crippen molar-refractivity contribution in [3.8, 4) is 11.5 Å². The second kappa shape index (κ2) is 13.7. The van der Waals surface area contributed by atoms with Crippen LogP contribution in [0.4, 0.5) is 17.1 Å². The van der Waals surface area contributed by atoms with Gasteiger partial charge < -0.3 is 0 Å². The van der Waals surface area contributed by atoms with Crippen LogP contribution in [0.5, 0.6) is 11.5 Å². The molecule has 9 aromatic carbocycles. The van der Waals surface area contributed by atoms with E-state index >= 15 is 0 Å². The first kappa shape index (κ1) is 35.7. The van der Waals surface area contributed by atoms with Gasteiger partial charge in [0.15, 0.2) is 0 Å². The molecule has 0 aliphatic carbocycles. The van der Waals surface area contributed by atoms with E-state index in [2.05, 4.69) is 235 Å². The second-order valence-corrected chi connectivity index (χ2v) is 28.0. The summed E-state index contributed by atoms with van der Waals surface area (Å²) >= 11 is 3.42. The molecular weight excluding hydrogens is 826 g/mol. The van der Waals surface area contributed by atoms with Crippen molar-refractivity contribution >= 4 is 81.7 Å². The van der Waals surface area contributed by atoms with E-state index in [0.717, 1.165) is 39.7 Å². The van der Waals surface area contributed by atoms with Crippen LogP contribution >= 0.6 is 6.04 Å². The summed E-state index contributed by atoms with van der Waals surface area (Å²) in [7, 11) is 0. The van der Waals surface area contributed by atoms with Gasteiger partial charge in [-0.05, 0) is 0 Å². The van der Waals surface area contributed by atoms with Crippen molar-refractivity contribution in [1.29, 1.82) is 0 Å². The van der Waals surface area contributed by atoms with Gasteiger partial charge >= 0.3 is 361 Å². The molecule has 3 heterocycles. The number of ether oxygens (including phenoxy) is 1. The van der Waals surface area contributed by atoms with Gasteiger partial charge in [-0.25, -0.2) is 0 Å². The van der Waals surface area contributed by atoms with Crippen LogP contribution in [0.25, 0.3) is 0 Å². The fraction of sp³-hybridized carbons (Fsp3) is 0.0182. The van der Waals surface area contributed by atoms with Gasteiger partial charge in [-0.3, -0.25) is 0 Å². The van der Waals surface area contributed by atoms with E-state index in [0.29, 0.717) is 0 Å². The fourth-order valence-electron chi connectivity index (χ4n) is 10.8. The zero-order valence-electron chi connectivity index (χ0n) is 32.7. The molecule has 9 aromatic rings. The van der Waals surface area contributed by atoms with Crippen molar-refractivity contribution in [2.45, 2.75) is 5.41 Å². The number of nitrogens with zero attached hydrogens (tertiary/aromatic N) is 1. The molecule has 0 N–H and O–H groups in total. The average molecular weight is 865 g/mol. The van der Waals surface area contributed by atoms with Crippen LogP contribution in [0.3, 0.4) is 0 Å². The molecular formula is C55H38GeNOPS. The number of rotatable bonds is 4. The summed E-state index contributed by atoms with van der Waals surface area (Å²) < 4.78 is 12.3. The Labute approximate surface area is 358 Å². The predicted octanol–water partition coefficient (Wildman–Crippen LogP) is 9.40. The first-order chi connectivity index (χ1) is 29.7. The fourth-order valence-corrected chi connectivity index (χ4v) is 30.0. The molecule has 1 unspecified atom stereocenters. The molecule has 60 heavy (non-hydrogen) atoms. The Hall–Kier alpha value is -6.23. The van der Waals surface area contributed by atoms with Crippen molar-refractivity contribution in [1.82, 2.24) is 0 Å². The van der Waals surface area contributed by atoms with Crippen LogP contribution < -0.4 is 43.1 Å². The molecule has 284 valence electrons. The summed E-state index contributed by atoms with van der Waals surface area (Å²) in [6, 6.07) is 82.9. The number of hydrogen-bond donors (Lipinski definition) is 0. The topological polar surface area (TPSA) is 12.5 Å². The van der Waals surface area contributed by atoms with E-state index in [1.165, 1.54) is 44.6 Å². The number of anilines is 3. The molecule has 2 nitrogen and oxygen atoms in total. The summed E-state index contributed by atoms with van der Waals surface area (Å²) in [5.74, 6) is 1.77. The van der Waals surface area contributed by atoms with Crippen LogP contribution in [-0.2, 0) is 17.2 Å². The molecule has 0 saturated heterocycles. The van der Waals surface area contributed by atoms with E-state index in [-0.39, 0.29) is 0 Å². The predicted molar refractivity (Wildman–Crippen MR) is 256 cm³/mol. The summed E-state index contributed by atoms with van der Waals surface area (Å²) in [4.78, 5) is 2.52. The van der Waals surface area contributed by atoms with Gasteiger partial charge in [0.05, 0.1) is 0 Å². The first-order valence-corrected chi connectivity index (χ1v) is 27.5. The van der Waals surface area contributed by atoms with Crippen molar-refractivity contribution in [3.63, 3.8) is 0 Å². The quantitative estimate of drug-likeness (QED) is 0.129. The van der Waals surface area contributed by atoms with E-state index in [1.807, 2.05) is 0 Å². The van der Waals surface area contributed by atoms with Gasteiger partial charge in [0.25, 0.3) is 0 Å². The van der Waals surface area contributed by atoms with Crippen molar-refractivity contribution in [2.24, 2.45) is 0 Å². The number of benzene rings is 9. The number of hydrogen-bond acceptors (Lipinski definition) is 3. The SMILES string of the molecule is S=P1(c2ccccc2)c2cccc[c]2[Ge]([c]2ccccc2)([c]2ccccc2)[c]2cc(N3c4ccccc4C4(c5ccccc5Oc5ccccc54)c4ccccc43)ccc21. The third-order valence-corrected chi connectivity index (χ3v) is 29.1. The van der Waals surface area contributed by atoms with Crippen molar-refractivity contribution in [3.05, 3.63) is 253 Å². The van der Waals surface area contributed by atoms with E-state index in [1.54, 1.807) is 0 Å². The molecule has 0 amide bonds. The summed E-state index contributed by atoms with van der Waals surface area (Å²) in [6.07, 6.45) is 0. The number of para-hydroxylation sites is 4. The standard InChI is InChI=1S/C55H38GeNOPS/c60-59(42-24-8-3-9-25-42)53-35-19-14-30-47(53)56(39-20-4-1-5-21-39,40-22-6-2-7-23-40)48-38-41(36-37-54(48)59)57-49-31-15-10-26-43(49)55(44-27-11-16-32-50(44)57)45-28-12-17-33-51(45)58-52-34-18-13-29-46(52)55/h1-38H. The maximum absolute atomic E-state index is 7.23. The molecule has 3 aliphatic heterocycles. The van der Waals surface area contributed by atoms with Crippen LogP contribution in [0, 0.1) is 0 Å². The third-order valence-electron chi connectivity index (χ3n) is 13.1. The molecule has 0 saturated carbocycles. The molecule has 1 atom stereocenters. The summed E-state index contributed by atoms with van der Waals surface area (Å²) in [6.45, 7) is 0. The van der Waals surface area contributed by atoms with Gasteiger partial charge in [-0.15, -0.1) is 0 Å². The molecule has 1 spiro atoms. The monoisotopic (exact) mass is 865 g/mol. The third kappa shape index (κ3) is 4.74. The van der Waals surface area contributed by atoms with Gasteiger partial charge in [0.2, 0.25) is 0 Å². The zero-order valence-corrected chi connectivity index (χ0v) is 36.5. The van der Waals surface area contributed by atoms with Gasteiger partial charge in [-0.1, -0.05) is 0 Å². The maximum atomic E-state index is 7.23. The Morgan fingerprint density at radius 1 is 0.417 bits per heavy atom. The van der Waals surface area contributed by atoms with Crippen LogP contribution in [-0.4, -0.2) is 13.3 Å². The minimum absolute atomic E-state index is 0.605. The Kier molecular flexibility index (Phi) is 8.12. The second-order valence-electron chi connectivity index (χ2n) is 15.9. The van der Waals surface area contributed by atoms with Crippen LogP contribution in [0.2, 0.25) is 0 Å². The molecule has 3 aliphatic rings. The minimum atomic E-state index is -3.81. The van der Waals surface area contributed by atoms with Crippen LogP contribution in [0.15, 0.2) is 231 Å². The Morgan fingerprint density at radius 2 is 0.867 bits per heavy atom. The van der Waals surface area contributed by atoms with Gasteiger partial charge in [-0.2, -0.15) is 0 Å². The van der Waals surface area contributed by atoms with Crippen LogP contribution in [0.1, 0.15) is 22.3 Å². The first-order valence-electron chi connectivity index (χ1n) is 20.5. The molecule has 0 radical (unpaired) electrons. The Morgan fingerprint density at radius 3 is 1.45 bits per heavy atom. The van der Waals surface area contributed by atoms with E-state index in [4.69, 9.17) is 16.5 Å². The Balaban J connectivity index is 1.20. The zero-order chi connectivity index (χ0) is 39.9. The molecule has 0 fully saturated rings. The van der Waals surface area contributed by atoms with Crippen molar-refractivity contribution < 1.29 is 4.74 Å². The van der Waals surface area contributed by atoms with Crippen molar-refractivity contribution in [2.75, 3.05) is 4.90 Å². The number of fused-ring (bicyclic) bond motifs is 10. The van der Waals surface area contributed by atoms with E-state index in [9.17, 15) is 0 Å². The molecule has 12 rings (SSSR count). The summed E-state index contributed by atoms with van der Waals surface area (Å²) in [5.41, 5.74) is 7.58. The molecule has 5 heteroatoms. The summed E-state index contributed by atoms with van der Waals surface area (Å²) in [5, 5.41) is 3.86. The van der Waals surface area contributed by atoms with E-state index < -0.39 is 24.7 Å². The van der Waals surface area contributed by atoms with Gasteiger partial charge in [0.1, 0.15) is 0 Å². The average Bonchev–Trinajstić information content (AvgIpc) is 3.32. The molecule has 0 aromatic heterocycles. The molecule has 0 bridgehead atoms.